The van der Waals surface area contributed by atoms with Gasteiger partial charge in [-0.2, -0.15) is 28.0 Å². The number of rotatable bonds is 7. The average molecular weight is 661 g/mol. The zero-order valence-electron chi connectivity index (χ0n) is 25.7. The van der Waals surface area contributed by atoms with E-state index >= 15 is 0 Å². The lowest BCUT2D eigenvalue weighted by Gasteiger charge is -2.20. The van der Waals surface area contributed by atoms with E-state index in [2.05, 4.69) is 80.2 Å². The van der Waals surface area contributed by atoms with Gasteiger partial charge in [0, 0.05) is 41.2 Å². The number of nitrogens with zero attached hydrogens (tertiary/aromatic N) is 9. The van der Waals surface area contributed by atoms with E-state index in [0.29, 0.717) is 5.92 Å². The Morgan fingerprint density at radius 1 is 0.830 bits per heavy atom. The number of nitrogens with one attached hydrogen (secondary N) is 3. The summed E-state index contributed by atoms with van der Waals surface area (Å²) in [6.07, 6.45) is 21.0. The monoisotopic (exact) mass is 660 g/mol. The normalized spacial score (nSPS) is 16.0. The van der Waals surface area contributed by atoms with Gasteiger partial charge in [-0.1, -0.05) is 24.3 Å². The first kappa shape index (κ1) is 29.4. The first-order valence-corrected chi connectivity index (χ1v) is 17.1. The third kappa shape index (κ3) is 6.10. The van der Waals surface area contributed by atoms with E-state index in [4.69, 9.17) is 0 Å². The largest absolute Gasteiger partial charge is 0.331 e. The number of hydrogen-bond acceptors (Lipinski definition) is 12. The number of anilines is 4. The maximum Gasteiger partial charge on any atom is 0.165 e. The fraction of sp³-hybridized carbons (Fsp3) is 0.242. The maximum atomic E-state index is 4.66. The second kappa shape index (κ2) is 13.0. The van der Waals surface area contributed by atoms with Gasteiger partial charge in [-0.15, -0.1) is 0 Å². The molecule has 236 valence electrons. The van der Waals surface area contributed by atoms with Gasteiger partial charge in [0.05, 0.1) is 30.3 Å². The maximum absolute atomic E-state index is 4.66. The minimum Gasteiger partial charge on any atom is -0.331 e. The van der Waals surface area contributed by atoms with E-state index in [0.717, 1.165) is 94.2 Å². The van der Waals surface area contributed by atoms with Crippen LogP contribution in [0.4, 0.5) is 21.6 Å². The fourth-order valence-electron chi connectivity index (χ4n) is 5.90. The predicted octanol–water partition coefficient (Wildman–Crippen LogP) is 6.45. The van der Waals surface area contributed by atoms with E-state index in [9.17, 15) is 0 Å². The molecule has 0 aromatic carbocycles. The molecule has 47 heavy (non-hydrogen) atoms. The molecule has 14 heteroatoms. The van der Waals surface area contributed by atoms with Crippen LogP contribution in [0.1, 0.15) is 47.7 Å². The highest BCUT2D eigenvalue weighted by Crippen LogP contribution is 2.31. The minimum absolute atomic E-state index is 0.561. The van der Waals surface area contributed by atoms with Crippen LogP contribution in [0.5, 0.6) is 0 Å². The Morgan fingerprint density at radius 2 is 1.51 bits per heavy atom. The predicted molar refractivity (Wildman–Crippen MR) is 189 cm³/mol. The molecule has 0 spiro atoms. The lowest BCUT2D eigenvalue weighted by molar-refractivity contribution is 0.455. The Hall–Kier alpha value is -5.05. The molecule has 0 amide bonds. The molecule has 0 unspecified atom stereocenters. The van der Waals surface area contributed by atoms with Gasteiger partial charge in [0.15, 0.2) is 11.3 Å². The number of allylic oxidation sites excluding steroid dienone is 5. The van der Waals surface area contributed by atoms with Crippen molar-refractivity contribution in [3.05, 3.63) is 95.9 Å². The number of piperidine rings is 1. The van der Waals surface area contributed by atoms with E-state index < -0.39 is 0 Å². The molecule has 0 radical (unpaired) electrons. The summed E-state index contributed by atoms with van der Waals surface area (Å²) in [4.78, 5) is 13.2. The molecule has 1 saturated heterocycles. The van der Waals surface area contributed by atoms with Crippen molar-refractivity contribution in [2.45, 2.75) is 32.1 Å². The summed E-state index contributed by atoms with van der Waals surface area (Å²) < 4.78 is 12.6. The Bertz CT molecular complexity index is 2170. The Labute approximate surface area is 279 Å². The van der Waals surface area contributed by atoms with Crippen molar-refractivity contribution >= 4 is 73.4 Å². The van der Waals surface area contributed by atoms with Crippen LogP contribution < -0.4 is 16.0 Å². The average Bonchev–Trinajstić information content (AvgIpc) is 3.94. The van der Waals surface area contributed by atoms with Crippen LogP contribution >= 0.6 is 23.1 Å². The van der Waals surface area contributed by atoms with E-state index in [-0.39, 0.29) is 0 Å². The topological polar surface area (TPSA) is 135 Å². The Kier molecular flexibility index (Phi) is 8.11. The van der Waals surface area contributed by atoms with Gasteiger partial charge < -0.3 is 16.0 Å². The highest BCUT2D eigenvalue weighted by Gasteiger charge is 2.19. The molecule has 0 atom stereocenters. The van der Waals surface area contributed by atoms with Crippen molar-refractivity contribution in [2.75, 3.05) is 30.3 Å². The van der Waals surface area contributed by atoms with Crippen molar-refractivity contribution in [3.63, 3.8) is 0 Å². The smallest absolute Gasteiger partial charge is 0.165 e. The summed E-state index contributed by atoms with van der Waals surface area (Å²) in [5.41, 5.74) is 8.23. The molecule has 1 aliphatic carbocycles. The molecule has 6 aromatic heterocycles. The van der Waals surface area contributed by atoms with E-state index in [1.165, 1.54) is 34.3 Å². The van der Waals surface area contributed by atoms with Gasteiger partial charge in [-0.25, -0.2) is 9.97 Å². The number of fused-ring (bicyclic) bond motifs is 2. The summed E-state index contributed by atoms with van der Waals surface area (Å²) in [5, 5.41) is 21.2. The zero-order chi connectivity index (χ0) is 31.6. The second-order valence-corrected chi connectivity index (χ2v) is 13.0. The molecule has 9 rings (SSSR count). The van der Waals surface area contributed by atoms with Crippen LogP contribution in [0, 0.1) is 6.92 Å². The second-order valence-electron chi connectivity index (χ2n) is 11.4. The van der Waals surface area contributed by atoms with Crippen LogP contribution in [0.15, 0.2) is 78.3 Å². The number of aromatic nitrogens is 8. The van der Waals surface area contributed by atoms with Crippen molar-refractivity contribution in [2.24, 2.45) is 4.99 Å². The molecular weight excluding hydrogens is 629 g/mol. The van der Waals surface area contributed by atoms with Gasteiger partial charge in [-0.05, 0) is 92.2 Å². The van der Waals surface area contributed by atoms with Crippen molar-refractivity contribution in [3.8, 4) is 0 Å². The van der Waals surface area contributed by atoms with E-state index in [1.54, 1.807) is 6.20 Å². The standard InChI is InChI=1S/C18H19N7S.C15H13N5S/c1-5-19-6-2-12(1)15-9-17(26-24-15)23-16-4-8-21-18-14(11-22-25(16)18)13-3-7-20-10-13;1-10-8-14(21-19-10)18-13-6-7-16-15-12(9-17-20(13)15)11-4-2-3-5-11/h3-4,8-12,19,23H,1-2,5-7H2;2,4-9,18H,3H2,1H3. The minimum atomic E-state index is 0.561. The number of hydrogen-bond donors (Lipinski definition) is 3. The van der Waals surface area contributed by atoms with Crippen LogP contribution in [0.25, 0.3) is 22.4 Å². The van der Waals surface area contributed by atoms with Crippen LogP contribution in [-0.2, 0) is 0 Å². The number of aliphatic imine (C=N–C) groups is 1. The van der Waals surface area contributed by atoms with Gasteiger partial charge in [0.1, 0.15) is 21.6 Å². The fourth-order valence-corrected chi connectivity index (χ4v) is 7.30. The molecule has 3 N–H and O–H groups in total. The molecular formula is C33H32N12S2. The molecule has 2 aliphatic heterocycles. The zero-order valence-corrected chi connectivity index (χ0v) is 27.3. The van der Waals surface area contributed by atoms with E-state index in [1.807, 2.05) is 59.0 Å². The summed E-state index contributed by atoms with van der Waals surface area (Å²) in [7, 11) is 0. The van der Waals surface area contributed by atoms with Crippen LogP contribution in [0.2, 0.25) is 0 Å². The first-order valence-electron chi connectivity index (χ1n) is 15.6. The van der Waals surface area contributed by atoms with Crippen molar-refractivity contribution < 1.29 is 0 Å². The summed E-state index contributed by atoms with van der Waals surface area (Å²) in [5.74, 6) is 2.33. The molecule has 3 aliphatic rings. The lowest BCUT2D eigenvalue weighted by atomic mass is 9.95. The van der Waals surface area contributed by atoms with Crippen molar-refractivity contribution in [1.82, 2.24) is 43.3 Å². The van der Waals surface area contributed by atoms with Crippen LogP contribution in [-0.4, -0.2) is 63.8 Å². The van der Waals surface area contributed by atoms with Gasteiger partial charge in [0.25, 0.3) is 0 Å². The van der Waals surface area contributed by atoms with Gasteiger partial charge in [-0.3, -0.25) is 4.99 Å². The molecule has 8 heterocycles. The lowest BCUT2D eigenvalue weighted by Crippen LogP contribution is -2.26. The molecule has 6 aromatic rings. The number of aryl methyl sites for hydroxylation is 1. The Balaban J connectivity index is 0.000000141. The quantitative estimate of drug-likeness (QED) is 0.177. The van der Waals surface area contributed by atoms with Crippen LogP contribution in [0.3, 0.4) is 0 Å². The molecule has 12 nitrogen and oxygen atoms in total. The van der Waals surface area contributed by atoms with Gasteiger partial charge >= 0.3 is 0 Å². The third-order valence-corrected chi connectivity index (χ3v) is 9.77. The molecule has 0 saturated carbocycles. The molecule has 0 bridgehead atoms. The first-order chi connectivity index (χ1) is 23.2. The highest BCUT2D eigenvalue weighted by atomic mass is 32.1. The summed E-state index contributed by atoms with van der Waals surface area (Å²) >= 11 is 2.94. The SMILES string of the molecule is C1=NCC=C1c1cnn2c(Nc3cc(C4CCNCC4)ns3)ccnc12.Cc1cc(Nc2ccnc3c(C4=CCC=C4)cnn23)sn1. The Morgan fingerprint density at radius 3 is 2.13 bits per heavy atom. The summed E-state index contributed by atoms with van der Waals surface area (Å²) in [6, 6.07) is 8.04. The van der Waals surface area contributed by atoms with Crippen molar-refractivity contribution in [1.29, 1.82) is 0 Å². The summed E-state index contributed by atoms with van der Waals surface area (Å²) in [6.45, 7) is 4.86. The molecule has 1 fully saturated rings. The highest BCUT2D eigenvalue weighted by molar-refractivity contribution is 7.10. The van der Waals surface area contributed by atoms with Gasteiger partial charge in [0.2, 0.25) is 0 Å². The third-order valence-electron chi connectivity index (χ3n) is 8.26.